The van der Waals surface area contributed by atoms with Gasteiger partial charge in [0.15, 0.2) is 0 Å². The fraction of sp³-hybridized carbons (Fsp3) is 0.357. The molecule has 1 aliphatic heterocycles. The molecular formula is C14H19N2+. The van der Waals surface area contributed by atoms with Gasteiger partial charge in [0.25, 0.3) is 0 Å². The van der Waals surface area contributed by atoms with Crippen LogP contribution in [0.2, 0.25) is 0 Å². The lowest BCUT2D eigenvalue weighted by atomic mass is 10.0. The summed E-state index contributed by atoms with van der Waals surface area (Å²) in [6.07, 6.45) is 10.6. The minimum Gasteiger partial charge on any atom is -0.294 e. The van der Waals surface area contributed by atoms with Crippen molar-refractivity contribution in [1.29, 1.82) is 0 Å². The van der Waals surface area contributed by atoms with Crippen molar-refractivity contribution in [1.82, 2.24) is 4.98 Å². The van der Waals surface area contributed by atoms with Crippen LogP contribution in [-0.2, 0) is 0 Å². The Hall–Kier alpha value is -1.41. The molecule has 2 rings (SSSR count). The standard InChI is InChI=1S/C14H19N2/c1-3-16(4-2)11-7-14(8-12-16)13-5-9-15-10-6-13/h5-11H,3-4,12H2,1-2H3/q+1. The zero-order valence-electron chi connectivity index (χ0n) is 10.1. The van der Waals surface area contributed by atoms with E-state index in [2.05, 4.69) is 49.3 Å². The van der Waals surface area contributed by atoms with Crippen LogP contribution in [0.15, 0.2) is 42.9 Å². The van der Waals surface area contributed by atoms with Gasteiger partial charge in [-0.15, -0.1) is 0 Å². The Morgan fingerprint density at radius 1 is 1.19 bits per heavy atom. The Kier molecular flexibility index (Phi) is 3.20. The maximum Gasteiger partial charge on any atom is 0.102 e. The SMILES string of the molecule is CC[N+]1(CC)C=CC(c2ccncc2)=CC1. The Morgan fingerprint density at radius 3 is 2.38 bits per heavy atom. The second kappa shape index (κ2) is 4.62. The molecule has 2 nitrogen and oxygen atoms in total. The average molecular weight is 215 g/mol. The summed E-state index contributed by atoms with van der Waals surface area (Å²) >= 11 is 0. The van der Waals surface area contributed by atoms with E-state index >= 15 is 0 Å². The highest BCUT2D eigenvalue weighted by Crippen LogP contribution is 2.22. The lowest BCUT2D eigenvalue weighted by Gasteiger charge is -2.33. The molecule has 0 radical (unpaired) electrons. The quantitative estimate of drug-likeness (QED) is 0.707. The number of rotatable bonds is 3. The molecule has 1 aromatic rings. The molecule has 0 unspecified atom stereocenters. The predicted octanol–water partition coefficient (Wildman–Crippen LogP) is 2.85. The van der Waals surface area contributed by atoms with E-state index in [-0.39, 0.29) is 0 Å². The van der Waals surface area contributed by atoms with Gasteiger partial charge in [0.1, 0.15) is 6.54 Å². The Morgan fingerprint density at radius 2 is 1.88 bits per heavy atom. The van der Waals surface area contributed by atoms with Gasteiger partial charge in [-0.2, -0.15) is 0 Å². The van der Waals surface area contributed by atoms with Crippen molar-refractivity contribution in [2.75, 3.05) is 19.6 Å². The summed E-state index contributed by atoms with van der Waals surface area (Å²) in [6, 6.07) is 4.13. The molecule has 0 atom stereocenters. The summed E-state index contributed by atoms with van der Waals surface area (Å²) < 4.78 is 1.06. The smallest absolute Gasteiger partial charge is 0.102 e. The predicted molar refractivity (Wildman–Crippen MR) is 67.6 cm³/mol. The zero-order chi connectivity index (χ0) is 11.4. The van der Waals surface area contributed by atoms with Crippen molar-refractivity contribution >= 4 is 5.57 Å². The van der Waals surface area contributed by atoms with E-state index in [9.17, 15) is 0 Å². The molecule has 0 saturated heterocycles. The third kappa shape index (κ3) is 2.07. The molecule has 16 heavy (non-hydrogen) atoms. The van der Waals surface area contributed by atoms with E-state index in [0.29, 0.717) is 0 Å². The summed E-state index contributed by atoms with van der Waals surface area (Å²) in [6.45, 7) is 7.92. The van der Waals surface area contributed by atoms with E-state index in [4.69, 9.17) is 0 Å². The average Bonchev–Trinajstić information content (AvgIpc) is 2.40. The van der Waals surface area contributed by atoms with Crippen molar-refractivity contribution in [2.45, 2.75) is 13.8 Å². The van der Waals surface area contributed by atoms with Crippen LogP contribution in [0.1, 0.15) is 19.4 Å². The van der Waals surface area contributed by atoms with Crippen LogP contribution >= 0.6 is 0 Å². The normalized spacial score (nSPS) is 18.2. The zero-order valence-corrected chi connectivity index (χ0v) is 10.1. The van der Waals surface area contributed by atoms with Crippen LogP contribution < -0.4 is 0 Å². The van der Waals surface area contributed by atoms with Gasteiger partial charge in [0, 0.05) is 12.4 Å². The molecule has 0 spiro atoms. The number of aromatic nitrogens is 1. The first-order valence-corrected chi connectivity index (χ1v) is 5.95. The fourth-order valence-corrected chi connectivity index (χ4v) is 2.10. The van der Waals surface area contributed by atoms with Gasteiger partial charge in [-0.05, 0) is 49.3 Å². The van der Waals surface area contributed by atoms with Gasteiger partial charge in [-0.3, -0.25) is 9.47 Å². The molecule has 0 bridgehead atoms. The Bertz CT molecular complexity index is 400. The molecular weight excluding hydrogens is 196 g/mol. The summed E-state index contributed by atoms with van der Waals surface area (Å²) in [5.74, 6) is 0. The largest absolute Gasteiger partial charge is 0.294 e. The van der Waals surface area contributed by atoms with E-state index < -0.39 is 0 Å². The van der Waals surface area contributed by atoms with E-state index in [1.54, 1.807) is 0 Å². The molecule has 2 heteroatoms. The van der Waals surface area contributed by atoms with Crippen LogP contribution in [0.3, 0.4) is 0 Å². The summed E-state index contributed by atoms with van der Waals surface area (Å²) in [7, 11) is 0. The number of likely N-dealkylation sites (N-methyl/N-ethyl adjacent to an activating group) is 1. The summed E-state index contributed by atoms with van der Waals surface area (Å²) in [5.41, 5.74) is 2.58. The van der Waals surface area contributed by atoms with Crippen LogP contribution in [0.5, 0.6) is 0 Å². The lowest BCUT2D eigenvalue weighted by Crippen LogP contribution is -2.43. The van der Waals surface area contributed by atoms with Gasteiger partial charge in [-0.1, -0.05) is 0 Å². The minimum atomic E-state index is 1.06. The van der Waals surface area contributed by atoms with Gasteiger partial charge >= 0.3 is 0 Å². The number of quaternary nitrogens is 1. The molecule has 0 aromatic carbocycles. The first kappa shape index (κ1) is 11.1. The molecule has 0 N–H and O–H groups in total. The van der Waals surface area contributed by atoms with Gasteiger partial charge < -0.3 is 0 Å². The van der Waals surface area contributed by atoms with Crippen LogP contribution in [0, 0.1) is 0 Å². The monoisotopic (exact) mass is 215 g/mol. The van der Waals surface area contributed by atoms with Crippen molar-refractivity contribution in [2.24, 2.45) is 0 Å². The first-order chi connectivity index (χ1) is 7.79. The highest BCUT2D eigenvalue weighted by molar-refractivity contribution is 5.73. The molecule has 0 aliphatic carbocycles. The number of hydrogen-bond acceptors (Lipinski definition) is 1. The number of nitrogens with zero attached hydrogens (tertiary/aromatic N) is 2. The van der Waals surface area contributed by atoms with E-state index in [1.165, 1.54) is 11.1 Å². The first-order valence-electron chi connectivity index (χ1n) is 5.95. The maximum absolute atomic E-state index is 4.05. The second-order valence-corrected chi connectivity index (χ2v) is 4.24. The van der Waals surface area contributed by atoms with Gasteiger partial charge in [0.2, 0.25) is 0 Å². The van der Waals surface area contributed by atoms with E-state index in [0.717, 1.165) is 24.1 Å². The van der Waals surface area contributed by atoms with Crippen LogP contribution in [-0.4, -0.2) is 29.1 Å². The fourth-order valence-electron chi connectivity index (χ4n) is 2.10. The van der Waals surface area contributed by atoms with Crippen LogP contribution in [0.25, 0.3) is 5.57 Å². The number of hydrogen-bond donors (Lipinski definition) is 0. The van der Waals surface area contributed by atoms with Gasteiger partial charge in [-0.25, -0.2) is 0 Å². The summed E-state index contributed by atoms with van der Waals surface area (Å²) in [4.78, 5) is 4.05. The van der Waals surface area contributed by atoms with Crippen molar-refractivity contribution in [3.05, 3.63) is 48.4 Å². The van der Waals surface area contributed by atoms with Crippen molar-refractivity contribution < 1.29 is 4.48 Å². The molecule has 1 aliphatic rings. The number of allylic oxidation sites excluding steroid dienone is 2. The van der Waals surface area contributed by atoms with E-state index in [1.807, 2.05) is 12.4 Å². The summed E-state index contributed by atoms with van der Waals surface area (Å²) in [5, 5.41) is 0. The molecule has 0 saturated carbocycles. The maximum atomic E-state index is 4.05. The number of pyridine rings is 1. The highest BCUT2D eigenvalue weighted by Gasteiger charge is 2.21. The highest BCUT2D eigenvalue weighted by atomic mass is 15.3. The van der Waals surface area contributed by atoms with Crippen molar-refractivity contribution in [3.63, 3.8) is 0 Å². The molecule has 84 valence electrons. The lowest BCUT2D eigenvalue weighted by molar-refractivity contribution is -0.870. The topological polar surface area (TPSA) is 12.9 Å². The van der Waals surface area contributed by atoms with Crippen LogP contribution in [0.4, 0.5) is 0 Å². The van der Waals surface area contributed by atoms with Gasteiger partial charge in [0.05, 0.1) is 19.3 Å². The molecule has 2 heterocycles. The minimum absolute atomic E-state index is 1.06. The van der Waals surface area contributed by atoms with Crippen molar-refractivity contribution in [3.8, 4) is 0 Å². The molecule has 0 fully saturated rings. The second-order valence-electron chi connectivity index (χ2n) is 4.24. The molecule has 1 aromatic heterocycles. The molecule has 0 amide bonds. The Labute approximate surface area is 97.5 Å². The Balaban J connectivity index is 2.20. The third-order valence-electron chi connectivity index (χ3n) is 3.52. The third-order valence-corrected chi connectivity index (χ3v) is 3.52.